The lowest BCUT2D eigenvalue weighted by Gasteiger charge is -2.35. The van der Waals surface area contributed by atoms with Gasteiger partial charge in [-0.15, -0.1) is 0 Å². The molecule has 1 amide bonds. The molecule has 2 atom stereocenters. The first-order valence-electron chi connectivity index (χ1n) is 7.47. The first-order chi connectivity index (χ1) is 10.6. The summed E-state index contributed by atoms with van der Waals surface area (Å²) in [4.78, 5) is 18.9. The van der Waals surface area contributed by atoms with E-state index >= 15 is 0 Å². The zero-order valence-corrected chi connectivity index (χ0v) is 14.5. The zero-order chi connectivity index (χ0) is 15.5. The average molecular weight is 336 g/mol. The molecule has 2 unspecified atom stereocenters. The number of fused-ring (bicyclic) bond motifs is 1. The number of carbonyl (C=O) groups is 1. The van der Waals surface area contributed by atoms with Gasteiger partial charge in [0.2, 0.25) is 5.91 Å². The maximum Gasteiger partial charge on any atom is 0.233 e. The number of rotatable bonds is 2. The van der Waals surface area contributed by atoms with Crippen LogP contribution in [-0.4, -0.2) is 46.2 Å². The molecule has 2 aliphatic rings. The van der Waals surface area contributed by atoms with Crippen molar-refractivity contribution in [3.05, 3.63) is 29.8 Å². The lowest BCUT2D eigenvalue weighted by atomic mass is 10.2. The molecule has 118 valence electrons. The number of carbonyl (C=O) groups excluding carboxylic acids is 1. The summed E-state index contributed by atoms with van der Waals surface area (Å²) in [5, 5.41) is 0. The number of benzene rings is 1. The minimum absolute atomic E-state index is 0.117. The molecule has 3 rings (SSSR count). The molecule has 0 aliphatic carbocycles. The van der Waals surface area contributed by atoms with Crippen molar-refractivity contribution in [2.24, 2.45) is 4.99 Å². The fourth-order valence-corrected chi connectivity index (χ4v) is 4.65. The van der Waals surface area contributed by atoms with E-state index < -0.39 is 0 Å². The smallest absolute Gasteiger partial charge is 0.233 e. The molecule has 0 saturated carbocycles. The van der Waals surface area contributed by atoms with Crippen molar-refractivity contribution in [1.29, 1.82) is 0 Å². The largest absolute Gasteiger partial charge is 0.372 e. The summed E-state index contributed by atoms with van der Waals surface area (Å²) in [5.41, 5.74) is 2.30. The summed E-state index contributed by atoms with van der Waals surface area (Å²) < 4.78 is 6.66. The van der Waals surface area contributed by atoms with Gasteiger partial charge >= 0.3 is 0 Å². The molecule has 22 heavy (non-hydrogen) atoms. The fourth-order valence-electron chi connectivity index (χ4n) is 2.68. The van der Waals surface area contributed by atoms with Crippen molar-refractivity contribution < 1.29 is 9.53 Å². The Balaban J connectivity index is 1.57. The molecule has 0 N–H and O–H groups in total. The van der Waals surface area contributed by atoms with Crippen LogP contribution in [0.25, 0.3) is 0 Å². The SMILES string of the molecule is CC1CN(C(=O)CSC2=Nc3ccccc3CS2)CC(C)O1. The monoisotopic (exact) mass is 336 g/mol. The standard InChI is InChI=1S/C16H20N2O2S2/c1-11-7-18(8-12(2)20-11)15(19)10-22-16-17-14-6-4-3-5-13(14)9-21-16/h3-6,11-12H,7-10H2,1-2H3. The van der Waals surface area contributed by atoms with Gasteiger partial charge in [-0.25, -0.2) is 4.99 Å². The van der Waals surface area contributed by atoms with Gasteiger partial charge in [0, 0.05) is 18.8 Å². The second-order valence-electron chi connectivity index (χ2n) is 5.64. The molecule has 1 fully saturated rings. The van der Waals surface area contributed by atoms with Crippen LogP contribution in [0.5, 0.6) is 0 Å². The lowest BCUT2D eigenvalue weighted by Crippen LogP contribution is -2.48. The van der Waals surface area contributed by atoms with E-state index in [-0.39, 0.29) is 18.1 Å². The maximum absolute atomic E-state index is 12.4. The van der Waals surface area contributed by atoms with E-state index in [0.29, 0.717) is 18.8 Å². The molecule has 2 aliphatic heterocycles. The summed E-state index contributed by atoms with van der Waals surface area (Å²) in [6.07, 6.45) is 0.233. The van der Waals surface area contributed by atoms with Crippen molar-refractivity contribution in [2.75, 3.05) is 18.8 Å². The van der Waals surface area contributed by atoms with Crippen LogP contribution < -0.4 is 0 Å². The third-order valence-electron chi connectivity index (χ3n) is 3.65. The van der Waals surface area contributed by atoms with Gasteiger partial charge < -0.3 is 9.64 Å². The van der Waals surface area contributed by atoms with Crippen molar-refractivity contribution in [3.8, 4) is 0 Å². The molecule has 0 bridgehead atoms. The average Bonchev–Trinajstić information content (AvgIpc) is 2.51. The van der Waals surface area contributed by atoms with Crippen LogP contribution in [0.2, 0.25) is 0 Å². The third kappa shape index (κ3) is 3.86. The topological polar surface area (TPSA) is 41.9 Å². The predicted molar refractivity (Wildman–Crippen MR) is 93.9 cm³/mol. The normalized spacial score (nSPS) is 24.6. The molecule has 4 nitrogen and oxygen atoms in total. The number of morpholine rings is 1. The van der Waals surface area contributed by atoms with Crippen LogP contribution in [-0.2, 0) is 15.3 Å². The molecule has 1 saturated heterocycles. The van der Waals surface area contributed by atoms with Crippen molar-refractivity contribution in [3.63, 3.8) is 0 Å². The fraction of sp³-hybridized carbons (Fsp3) is 0.500. The second-order valence-corrected chi connectivity index (χ2v) is 7.83. The van der Waals surface area contributed by atoms with Crippen molar-refractivity contribution >= 4 is 39.5 Å². The highest BCUT2D eigenvalue weighted by atomic mass is 32.2. The number of hydrogen-bond acceptors (Lipinski definition) is 5. The van der Waals surface area contributed by atoms with E-state index in [9.17, 15) is 4.79 Å². The van der Waals surface area contributed by atoms with Crippen LogP contribution >= 0.6 is 23.5 Å². The predicted octanol–water partition coefficient (Wildman–Crippen LogP) is 3.29. The molecule has 1 aromatic rings. The molecule has 0 spiro atoms. The van der Waals surface area contributed by atoms with E-state index in [1.54, 1.807) is 23.5 Å². The van der Waals surface area contributed by atoms with Crippen LogP contribution in [0.3, 0.4) is 0 Å². The highest BCUT2D eigenvalue weighted by Crippen LogP contribution is 2.34. The molecule has 0 aromatic heterocycles. The molecular formula is C16H20N2O2S2. The van der Waals surface area contributed by atoms with E-state index in [0.717, 1.165) is 15.8 Å². The Morgan fingerprint density at radius 3 is 2.86 bits per heavy atom. The number of hydrogen-bond donors (Lipinski definition) is 0. The third-order valence-corrected chi connectivity index (χ3v) is 5.88. The summed E-state index contributed by atoms with van der Waals surface area (Å²) in [5.74, 6) is 1.56. The quantitative estimate of drug-likeness (QED) is 0.831. The van der Waals surface area contributed by atoms with Gasteiger partial charge in [-0.1, -0.05) is 41.7 Å². The van der Waals surface area contributed by atoms with Gasteiger partial charge in [-0.3, -0.25) is 4.79 Å². The molecule has 6 heteroatoms. The molecule has 1 aromatic carbocycles. The summed E-state index contributed by atoms with van der Waals surface area (Å²) in [7, 11) is 0. The van der Waals surface area contributed by atoms with Gasteiger partial charge in [-0.05, 0) is 25.5 Å². The first-order valence-corrected chi connectivity index (χ1v) is 9.44. The highest BCUT2D eigenvalue weighted by Gasteiger charge is 2.26. The molecular weight excluding hydrogens is 316 g/mol. The first kappa shape index (κ1) is 15.9. The minimum Gasteiger partial charge on any atom is -0.372 e. The van der Waals surface area contributed by atoms with Crippen molar-refractivity contribution in [1.82, 2.24) is 4.90 Å². The van der Waals surface area contributed by atoms with Crippen LogP contribution in [0.1, 0.15) is 19.4 Å². The highest BCUT2D eigenvalue weighted by molar-refractivity contribution is 8.38. The van der Waals surface area contributed by atoms with Crippen LogP contribution in [0, 0.1) is 0 Å². The Hall–Kier alpha value is -0.980. The maximum atomic E-state index is 12.4. The zero-order valence-electron chi connectivity index (χ0n) is 12.8. The van der Waals surface area contributed by atoms with E-state index in [4.69, 9.17) is 4.74 Å². The molecule has 0 radical (unpaired) electrons. The molecule has 2 heterocycles. The van der Waals surface area contributed by atoms with E-state index in [2.05, 4.69) is 11.1 Å². The van der Waals surface area contributed by atoms with Gasteiger partial charge in [0.05, 0.1) is 23.6 Å². The van der Waals surface area contributed by atoms with Crippen LogP contribution in [0.15, 0.2) is 29.3 Å². The summed E-state index contributed by atoms with van der Waals surface area (Å²) in [6, 6.07) is 8.18. The lowest BCUT2D eigenvalue weighted by molar-refractivity contribution is -0.140. The van der Waals surface area contributed by atoms with Gasteiger partial charge in [-0.2, -0.15) is 0 Å². The van der Waals surface area contributed by atoms with Gasteiger partial charge in [0.1, 0.15) is 4.38 Å². The number of aliphatic imine (C=N–C) groups is 1. The van der Waals surface area contributed by atoms with Gasteiger partial charge in [0.15, 0.2) is 0 Å². The summed E-state index contributed by atoms with van der Waals surface area (Å²) in [6.45, 7) is 5.40. The number of nitrogens with zero attached hydrogens (tertiary/aromatic N) is 2. The van der Waals surface area contributed by atoms with Crippen molar-refractivity contribution in [2.45, 2.75) is 31.8 Å². The van der Waals surface area contributed by atoms with E-state index in [1.807, 2.05) is 36.9 Å². The van der Waals surface area contributed by atoms with Gasteiger partial charge in [0.25, 0.3) is 0 Å². The second kappa shape index (κ2) is 7.06. The Bertz CT molecular complexity index is 581. The van der Waals surface area contributed by atoms with Crippen LogP contribution in [0.4, 0.5) is 5.69 Å². The number of amides is 1. The number of para-hydroxylation sites is 1. The Labute approximate surface area is 139 Å². The summed E-state index contributed by atoms with van der Waals surface area (Å²) >= 11 is 3.26. The number of ether oxygens (including phenoxy) is 1. The minimum atomic E-state index is 0.117. The Morgan fingerprint density at radius 1 is 1.36 bits per heavy atom. The van der Waals surface area contributed by atoms with E-state index in [1.165, 1.54) is 5.56 Å². The Morgan fingerprint density at radius 2 is 2.09 bits per heavy atom. The number of thioether (sulfide) groups is 2. The Kier molecular flexibility index (Phi) is 5.10.